The van der Waals surface area contributed by atoms with Crippen LogP contribution in [-0.2, 0) is 9.59 Å². The van der Waals surface area contributed by atoms with Crippen molar-refractivity contribution in [3.05, 3.63) is 30.3 Å². The highest BCUT2D eigenvalue weighted by Crippen LogP contribution is 2.32. The average molecular weight is 277 g/mol. The van der Waals surface area contributed by atoms with E-state index in [0.29, 0.717) is 5.75 Å². The van der Waals surface area contributed by atoms with E-state index >= 15 is 0 Å². The number of carboxylic acid groups (broad SMARTS) is 1. The minimum atomic E-state index is -0.879. The van der Waals surface area contributed by atoms with Crippen molar-refractivity contribution in [3.8, 4) is 5.75 Å². The summed E-state index contributed by atoms with van der Waals surface area (Å²) in [7, 11) is 0. The van der Waals surface area contributed by atoms with E-state index in [2.05, 4.69) is 5.32 Å². The Bertz CT molecular complexity index is 466. The standard InChI is InChI=1S/C15H19NO4/c17-13(11-20-12-6-2-1-3-7-12)16-15(10-14(18)19)8-4-5-9-15/h1-3,6-7H,4-5,8-11H2,(H,16,17)(H,18,19). The van der Waals surface area contributed by atoms with Gasteiger partial charge in [-0.2, -0.15) is 0 Å². The van der Waals surface area contributed by atoms with Crippen LogP contribution in [0.15, 0.2) is 30.3 Å². The third kappa shape index (κ3) is 3.98. The molecule has 1 fully saturated rings. The molecule has 0 saturated heterocycles. The summed E-state index contributed by atoms with van der Waals surface area (Å²) >= 11 is 0. The first-order valence-corrected chi connectivity index (χ1v) is 6.80. The summed E-state index contributed by atoms with van der Waals surface area (Å²) in [6.07, 6.45) is 3.32. The molecule has 0 radical (unpaired) electrons. The molecule has 1 aromatic carbocycles. The Morgan fingerprint density at radius 3 is 2.45 bits per heavy atom. The molecule has 20 heavy (non-hydrogen) atoms. The molecule has 1 aromatic rings. The van der Waals surface area contributed by atoms with Crippen LogP contribution < -0.4 is 10.1 Å². The van der Waals surface area contributed by atoms with Gasteiger partial charge in [0, 0.05) is 0 Å². The first-order chi connectivity index (χ1) is 9.60. The van der Waals surface area contributed by atoms with Gasteiger partial charge < -0.3 is 15.2 Å². The van der Waals surface area contributed by atoms with Crippen molar-refractivity contribution in [2.24, 2.45) is 0 Å². The van der Waals surface area contributed by atoms with E-state index in [-0.39, 0.29) is 18.9 Å². The van der Waals surface area contributed by atoms with Gasteiger partial charge in [0.25, 0.3) is 5.91 Å². The van der Waals surface area contributed by atoms with E-state index in [1.165, 1.54) is 0 Å². The zero-order valence-corrected chi connectivity index (χ0v) is 11.3. The summed E-state index contributed by atoms with van der Waals surface area (Å²) in [6, 6.07) is 9.07. The van der Waals surface area contributed by atoms with Crippen molar-refractivity contribution in [1.29, 1.82) is 0 Å². The summed E-state index contributed by atoms with van der Waals surface area (Å²) in [4.78, 5) is 22.9. The van der Waals surface area contributed by atoms with E-state index in [1.807, 2.05) is 18.2 Å². The zero-order chi connectivity index (χ0) is 14.4. The molecule has 0 unspecified atom stereocenters. The Morgan fingerprint density at radius 2 is 1.85 bits per heavy atom. The van der Waals surface area contributed by atoms with Crippen molar-refractivity contribution in [3.63, 3.8) is 0 Å². The molecule has 1 saturated carbocycles. The molecule has 1 aliphatic rings. The second-order valence-corrected chi connectivity index (χ2v) is 5.21. The third-order valence-electron chi connectivity index (χ3n) is 3.57. The Morgan fingerprint density at radius 1 is 1.20 bits per heavy atom. The molecule has 5 heteroatoms. The van der Waals surface area contributed by atoms with Gasteiger partial charge in [0.05, 0.1) is 12.0 Å². The number of carbonyl (C=O) groups is 2. The van der Waals surface area contributed by atoms with E-state index in [1.54, 1.807) is 12.1 Å². The zero-order valence-electron chi connectivity index (χ0n) is 11.3. The lowest BCUT2D eigenvalue weighted by atomic mass is 9.93. The van der Waals surface area contributed by atoms with Crippen LogP contribution in [0.1, 0.15) is 32.1 Å². The number of nitrogens with one attached hydrogen (secondary N) is 1. The lowest BCUT2D eigenvalue weighted by molar-refractivity contribution is -0.139. The molecular formula is C15H19NO4. The number of rotatable bonds is 6. The predicted molar refractivity (Wildman–Crippen MR) is 73.5 cm³/mol. The summed E-state index contributed by atoms with van der Waals surface area (Å²) in [5.41, 5.74) is -0.594. The van der Waals surface area contributed by atoms with Gasteiger partial charge >= 0.3 is 5.97 Å². The number of benzene rings is 1. The van der Waals surface area contributed by atoms with Crippen molar-refractivity contribution >= 4 is 11.9 Å². The summed E-state index contributed by atoms with van der Waals surface area (Å²) < 4.78 is 5.37. The lowest BCUT2D eigenvalue weighted by Gasteiger charge is -2.28. The fourth-order valence-corrected chi connectivity index (χ4v) is 2.68. The third-order valence-corrected chi connectivity index (χ3v) is 3.57. The molecule has 0 heterocycles. The van der Waals surface area contributed by atoms with Gasteiger partial charge in [-0.25, -0.2) is 0 Å². The summed E-state index contributed by atoms with van der Waals surface area (Å²) in [5.74, 6) is -0.519. The minimum Gasteiger partial charge on any atom is -0.484 e. The van der Waals surface area contributed by atoms with E-state index in [0.717, 1.165) is 25.7 Å². The highest BCUT2D eigenvalue weighted by atomic mass is 16.5. The molecule has 5 nitrogen and oxygen atoms in total. The molecule has 108 valence electrons. The van der Waals surface area contributed by atoms with E-state index in [9.17, 15) is 9.59 Å². The SMILES string of the molecule is O=C(O)CC1(NC(=O)COc2ccccc2)CCCC1. The Labute approximate surface area is 117 Å². The monoisotopic (exact) mass is 277 g/mol. The van der Waals surface area contributed by atoms with Gasteiger partial charge in [0.15, 0.2) is 6.61 Å². The fraction of sp³-hybridized carbons (Fsp3) is 0.467. The lowest BCUT2D eigenvalue weighted by Crippen LogP contribution is -2.49. The van der Waals surface area contributed by atoms with Gasteiger partial charge in [-0.3, -0.25) is 9.59 Å². The predicted octanol–water partition coefficient (Wildman–Crippen LogP) is 1.97. The molecule has 0 atom stereocenters. The minimum absolute atomic E-state index is 0.0237. The average Bonchev–Trinajstić information content (AvgIpc) is 2.85. The topological polar surface area (TPSA) is 75.6 Å². The number of aliphatic carboxylic acids is 1. The van der Waals surface area contributed by atoms with Crippen LogP contribution in [0.3, 0.4) is 0 Å². The largest absolute Gasteiger partial charge is 0.484 e. The van der Waals surface area contributed by atoms with Crippen molar-refractivity contribution < 1.29 is 19.4 Å². The van der Waals surface area contributed by atoms with E-state index < -0.39 is 11.5 Å². The van der Waals surface area contributed by atoms with Crippen LogP contribution in [0, 0.1) is 0 Å². The molecule has 0 bridgehead atoms. The van der Waals surface area contributed by atoms with Crippen molar-refractivity contribution in [1.82, 2.24) is 5.32 Å². The Hall–Kier alpha value is -2.04. The normalized spacial score (nSPS) is 16.6. The van der Waals surface area contributed by atoms with Gasteiger partial charge in [0.1, 0.15) is 5.75 Å². The van der Waals surface area contributed by atoms with E-state index in [4.69, 9.17) is 9.84 Å². The van der Waals surface area contributed by atoms with Crippen LogP contribution in [0.25, 0.3) is 0 Å². The first-order valence-electron chi connectivity index (χ1n) is 6.80. The number of amides is 1. The number of para-hydroxylation sites is 1. The highest BCUT2D eigenvalue weighted by molar-refractivity contribution is 5.79. The highest BCUT2D eigenvalue weighted by Gasteiger charge is 2.37. The van der Waals surface area contributed by atoms with Crippen LogP contribution >= 0.6 is 0 Å². The van der Waals surface area contributed by atoms with Gasteiger partial charge in [-0.1, -0.05) is 31.0 Å². The second kappa shape index (κ2) is 6.41. The number of hydrogen-bond donors (Lipinski definition) is 2. The molecule has 1 aliphatic carbocycles. The van der Waals surface area contributed by atoms with Crippen LogP contribution in [0.5, 0.6) is 5.75 Å². The smallest absolute Gasteiger partial charge is 0.305 e. The van der Waals surface area contributed by atoms with Gasteiger partial charge in [-0.05, 0) is 25.0 Å². The van der Waals surface area contributed by atoms with Crippen LogP contribution in [-0.4, -0.2) is 29.1 Å². The molecule has 0 aliphatic heterocycles. The number of ether oxygens (including phenoxy) is 1. The molecular weight excluding hydrogens is 258 g/mol. The molecule has 0 spiro atoms. The number of hydrogen-bond acceptors (Lipinski definition) is 3. The maximum Gasteiger partial charge on any atom is 0.305 e. The molecule has 1 amide bonds. The Kier molecular flexibility index (Phi) is 4.61. The van der Waals surface area contributed by atoms with Gasteiger partial charge in [-0.15, -0.1) is 0 Å². The summed E-state index contributed by atoms with van der Waals surface area (Å²) in [5, 5.41) is 11.8. The Balaban J connectivity index is 1.87. The fourth-order valence-electron chi connectivity index (χ4n) is 2.68. The molecule has 2 rings (SSSR count). The maximum atomic E-state index is 11.9. The van der Waals surface area contributed by atoms with Crippen molar-refractivity contribution in [2.45, 2.75) is 37.6 Å². The van der Waals surface area contributed by atoms with Crippen molar-refractivity contribution in [2.75, 3.05) is 6.61 Å². The number of carboxylic acids is 1. The second-order valence-electron chi connectivity index (χ2n) is 5.21. The molecule has 2 N–H and O–H groups in total. The van der Waals surface area contributed by atoms with Gasteiger partial charge in [0.2, 0.25) is 0 Å². The van der Waals surface area contributed by atoms with Crippen LogP contribution in [0.4, 0.5) is 0 Å². The summed E-state index contributed by atoms with van der Waals surface area (Å²) in [6.45, 7) is -0.0919. The number of carbonyl (C=O) groups excluding carboxylic acids is 1. The van der Waals surface area contributed by atoms with Crippen LogP contribution in [0.2, 0.25) is 0 Å². The molecule has 0 aromatic heterocycles. The first kappa shape index (κ1) is 14.4. The quantitative estimate of drug-likeness (QED) is 0.833. The maximum absolute atomic E-state index is 11.9.